The fourth-order valence-electron chi connectivity index (χ4n) is 5.58. The van der Waals surface area contributed by atoms with E-state index in [0.29, 0.717) is 0 Å². The number of halogens is 1. The van der Waals surface area contributed by atoms with Gasteiger partial charge in [-0.15, -0.1) is 0 Å². The number of aryl methyl sites for hydroxylation is 1. The second-order valence-corrected chi connectivity index (χ2v) is 12.4. The molecular formula is C31H40BrN3O2. The summed E-state index contributed by atoms with van der Waals surface area (Å²) in [5.41, 5.74) is 7.35. The van der Waals surface area contributed by atoms with Crippen LogP contribution in [0.4, 0.5) is 0 Å². The third-order valence-corrected chi connectivity index (χ3v) is 8.34. The highest BCUT2D eigenvalue weighted by Gasteiger charge is 2.39. The number of carbonyl (C=O) groups excluding carboxylic acids is 1. The number of fused-ring (bicyclic) bond motifs is 5. The molecule has 0 saturated heterocycles. The van der Waals surface area contributed by atoms with Crippen LogP contribution in [0.15, 0.2) is 41.1 Å². The molecule has 2 aliphatic rings. The van der Waals surface area contributed by atoms with Gasteiger partial charge < -0.3 is 14.2 Å². The van der Waals surface area contributed by atoms with E-state index in [4.69, 9.17) is 4.74 Å². The van der Waals surface area contributed by atoms with Crippen LogP contribution in [0.2, 0.25) is 0 Å². The van der Waals surface area contributed by atoms with E-state index in [1.165, 1.54) is 5.56 Å². The van der Waals surface area contributed by atoms with Crippen molar-refractivity contribution in [3.63, 3.8) is 0 Å². The van der Waals surface area contributed by atoms with E-state index >= 15 is 0 Å². The monoisotopic (exact) mass is 565 g/mol. The number of carbonyl (C=O) groups is 1. The molecule has 5 rings (SSSR count). The minimum absolute atomic E-state index is 0.0859. The van der Waals surface area contributed by atoms with Crippen molar-refractivity contribution >= 4 is 21.8 Å². The number of benzene rings is 1. The Balaban J connectivity index is 0.00000156. The van der Waals surface area contributed by atoms with Crippen molar-refractivity contribution in [1.82, 2.24) is 14.5 Å². The van der Waals surface area contributed by atoms with E-state index in [1.54, 1.807) is 13.3 Å². The number of methoxy groups -OCH3 is 1. The Morgan fingerprint density at radius 1 is 1.08 bits per heavy atom. The van der Waals surface area contributed by atoms with Gasteiger partial charge in [0, 0.05) is 52.2 Å². The number of hydrogen-bond acceptors (Lipinski definition) is 3. The summed E-state index contributed by atoms with van der Waals surface area (Å²) in [4.78, 5) is 20.5. The van der Waals surface area contributed by atoms with Gasteiger partial charge in [-0.1, -0.05) is 33.8 Å². The number of ether oxygens (including phenoxy) is 1. The van der Waals surface area contributed by atoms with Crippen molar-refractivity contribution in [3.8, 4) is 28.1 Å². The zero-order chi connectivity index (χ0) is 27.1. The Bertz CT molecular complexity index is 1300. The molecule has 1 aromatic carbocycles. The first-order chi connectivity index (χ1) is 17.5. The highest BCUT2D eigenvalue weighted by molar-refractivity contribution is 9.10. The lowest BCUT2D eigenvalue weighted by atomic mass is 9.80. The molecular weight excluding hydrogens is 526 g/mol. The van der Waals surface area contributed by atoms with Crippen LogP contribution in [0.5, 0.6) is 5.75 Å². The van der Waals surface area contributed by atoms with Crippen LogP contribution in [0.3, 0.4) is 0 Å². The molecule has 3 aromatic rings. The molecule has 0 unspecified atom stereocenters. The summed E-state index contributed by atoms with van der Waals surface area (Å²) in [5, 5.41) is 0. The molecule has 37 heavy (non-hydrogen) atoms. The summed E-state index contributed by atoms with van der Waals surface area (Å²) in [5.74, 6) is 0.988. The SMILES string of the molecule is CC.COc1cc2c(cc1-c1cccnc1)-c1c(Br)c3c(n1CC2)C(=O)N(C(C)(C)C)CCC(C)(C)C3. The zero-order valence-electron chi connectivity index (χ0n) is 23.5. The summed E-state index contributed by atoms with van der Waals surface area (Å²) in [6.45, 7) is 16.6. The number of pyridine rings is 1. The van der Waals surface area contributed by atoms with E-state index in [-0.39, 0.29) is 16.9 Å². The lowest BCUT2D eigenvalue weighted by Gasteiger charge is -2.40. The smallest absolute Gasteiger partial charge is 0.271 e. The predicted octanol–water partition coefficient (Wildman–Crippen LogP) is 7.78. The van der Waals surface area contributed by atoms with Crippen LogP contribution in [0.25, 0.3) is 22.4 Å². The molecule has 1 amide bonds. The lowest BCUT2D eigenvalue weighted by Crippen LogP contribution is -2.49. The summed E-state index contributed by atoms with van der Waals surface area (Å²) < 4.78 is 9.10. The molecule has 0 atom stereocenters. The molecule has 0 aliphatic carbocycles. The van der Waals surface area contributed by atoms with E-state index in [0.717, 1.165) is 76.2 Å². The lowest BCUT2D eigenvalue weighted by molar-refractivity contribution is 0.0517. The van der Waals surface area contributed by atoms with Gasteiger partial charge in [-0.05, 0) is 90.7 Å². The Morgan fingerprint density at radius 3 is 2.43 bits per heavy atom. The first-order valence-electron chi connectivity index (χ1n) is 13.4. The second-order valence-electron chi connectivity index (χ2n) is 11.6. The van der Waals surface area contributed by atoms with Gasteiger partial charge in [0.15, 0.2) is 0 Å². The van der Waals surface area contributed by atoms with E-state index in [2.05, 4.69) is 83.2 Å². The summed E-state index contributed by atoms with van der Waals surface area (Å²) in [7, 11) is 1.72. The molecule has 0 bridgehead atoms. The van der Waals surface area contributed by atoms with Gasteiger partial charge in [-0.3, -0.25) is 9.78 Å². The zero-order valence-corrected chi connectivity index (χ0v) is 25.1. The van der Waals surface area contributed by atoms with Gasteiger partial charge in [0.05, 0.1) is 12.8 Å². The van der Waals surface area contributed by atoms with Gasteiger partial charge in [-0.25, -0.2) is 0 Å². The largest absolute Gasteiger partial charge is 0.496 e. The van der Waals surface area contributed by atoms with Crippen molar-refractivity contribution in [1.29, 1.82) is 0 Å². The molecule has 5 nitrogen and oxygen atoms in total. The predicted molar refractivity (Wildman–Crippen MR) is 155 cm³/mol. The first kappa shape index (κ1) is 27.4. The molecule has 0 radical (unpaired) electrons. The van der Waals surface area contributed by atoms with Gasteiger partial charge >= 0.3 is 0 Å². The minimum Gasteiger partial charge on any atom is -0.496 e. The number of nitrogens with zero attached hydrogens (tertiary/aromatic N) is 3. The van der Waals surface area contributed by atoms with Crippen LogP contribution in [0, 0.1) is 5.41 Å². The number of hydrogen-bond donors (Lipinski definition) is 0. The van der Waals surface area contributed by atoms with Crippen molar-refractivity contribution in [2.45, 2.75) is 79.8 Å². The molecule has 0 saturated carbocycles. The minimum atomic E-state index is -0.244. The molecule has 0 fully saturated rings. The number of amides is 1. The van der Waals surface area contributed by atoms with Gasteiger partial charge in [0.1, 0.15) is 11.4 Å². The summed E-state index contributed by atoms with van der Waals surface area (Å²) in [6.07, 6.45) is 6.35. The van der Waals surface area contributed by atoms with Crippen LogP contribution < -0.4 is 4.74 Å². The number of aromatic nitrogens is 2. The fraction of sp³-hybridized carbons (Fsp3) is 0.484. The van der Waals surface area contributed by atoms with E-state index in [1.807, 2.05) is 26.1 Å². The van der Waals surface area contributed by atoms with Gasteiger partial charge in [0.2, 0.25) is 0 Å². The van der Waals surface area contributed by atoms with Crippen LogP contribution >= 0.6 is 15.9 Å². The van der Waals surface area contributed by atoms with Gasteiger partial charge in [0.25, 0.3) is 5.91 Å². The Morgan fingerprint density at radius 2 is 1.81 bits per heavy atom. The molecule has 2 aromatic heterocycles. The first-order valence-corrected chi connectivity index (χ1v) is 14.2. The van der Waals surface area contributed by atoms with Crippen LogP contribution in [0.1, 0.15) is 76.5 Å². The highest BCUT2D eigenvalue weighted by Crippen LogP contribution is 2.47. The summed E-state index contributed by atoms with van der Waals surface area (Å²) in [6, 6.07) is 8.37. The second kappa shape index (κ2) is 10.3. The Hall–Kier alpha value is -2.60. The maximum absolute atomic E-state index is 14.1. The van der Waals surface area contributed by atoms with E-state index < -0.39 is 0 Å². The van der Waals surface area contributed by atoms with Crippen molar-refractivity contribution < 1.29 is 9.53 Å². The average Bonchev–Trinajstić information content (AvgIpc) is 3.13. The summed E-state index contributed by atoms with van der Waals surface area (Å²) >= 11 is 3.98. The van der Waals surface area contributed by atoms with E-state index in [9.17, 15) is 4.79 Å². The third kappa shape index (κ3) is 4.97. The Labute approximate surface area is 230 Å². The maximum Gasteiger partial charge on any atom is 0.271 e. The maximum atomic E-state index is 14.1. The highest BCUT2D eigenvalue weighted by atomic mass is 79.9. The standard InChI is InChI=1S/C29H34BrN3O2.C2H6/c1-28(2,3)33-13-10-29(4,5)16-22-24(30)25-21-15-20(19-8-7-11-31-17-19)23(35-6)14-18(21)9-12-32(25)26(22)27(33)34;1-2/h7-8,11,14-15,17H,9-10,12-13,16H2,1-6H3;1-2H3. The third-order valence-electron chi connectivity index (χ3n) is 7.48. The van der Waals surface area contributed by atoms with Gasteiger partial charge in [-0.2, -0.15) is 0 Å². The Kier molecular flexibility index (Phi) is 7.62. The fourth-order valence-corrected chi connectivity index (χ4v) is 6.34. The quantitative estimate of drug-likeness (QED) is 0.318. The average molecular weight is 567 g/mol. The van der Waals surface area contributed by atoms with Crippen molar-refractivity contribution in [3.05, 3.63) is 58.0 Å². The number of rotatable bonds is 2. The molecule has 0 N–H and O–H groups in total. The molecule has 2 aliphatic heterocycles. The van der Waals surface area contributed by atoms with Crippen molar-refractivity contribution in [2.75, 3.05) is 13.7 Å². The topological polar surface area (TPSA) is 47.4 Å². The molecule has 0 spiro atoms. The van der Waals surface area contributed by atoms with Crippen molar-refractivity contribution in [2.24, 2.45) is 5.41 Å². The normalized spacial score (nSPS) is 16.5. The molecule has 6 heteroatoms. The molecule has 198 valence electrons. The van der Waals surface area contributed by atoms with Crippen LogP contribution in [-0.2, 0) is 19.4 Å². The van der Waals surface area contributed by atoms with Crippen LogP contribution in [-0.4, -0.2) is 39.6 Å². The molecule has 4 heterocycles.